The smallest absolute Gasteiger partial charge is 0.349 e. The molecule has 0 atom stereocenters. The van der Waals surface area contributed by atoms with Crippen LogP contribution in [0.1, 0.15) is 42.1 Å². The molecule has 0 saturated carbocycles. The zero-order chi connectivity index (χ0) is 20.3. The van der Waals surface area contributed by atoms with Crippen molar-refractivity contribution in [1.82, 2.24) is 0 Å². The molecule has 0 aliphatic carbocycles. The van der Waals surface area contributed by atoms with Crippen LogP contribution in [0.15, 0.2) is 42.5 Å². The van der Waals surface area contributed by atoms with E-state index in [1.807, 2.05) is 6.92 Å². The van der Waals surface area contributed by atoms with Gasteiger partial charge in [-0.2, -0.15) is 0 Å². The maximum atomic E-state index is 14.3. The molecule has 28 heavy (non-hydrogen) atoms. The number of esters is 1. The Bertz CT molecular complexity index is 1010. The largest absolute Gasteiger partial charge is 0.423 e. The van der Waals surface area contributed by atoms with Gasteiger partial charge in [0, 0.05) is 5.39 Å². The second-order valence-corrected chi connectivity index (χ2v) is 6.93. The number of carbonyl (C=O) groups is 1. The number of hydrogen-bond donors (Lipinski definition) is 0. The normalized spacial score (nSPS) is 11.0. The van der Waals surface area contributed by atoms with Gasteiger partial charge in [-0.15, -0.1) is 0 Å². The van der Waals surface area contributed by atoms with Gasteiger partial charge in [-0.25, -0.2) is 18.0 Å². The van der Waals surface area contributed by atoms with Gasteiger partial charge in [-0.05, 0) is 60.2 Å². The third kappa shape index (κ3) is 4.30. The molecule has 6 heteroatoms. The third-order valence-corrected chi connectivity index (χ3v) is 4.76. The Labute approximate surface area is 165 Å². The predicted octanol–water partition coefficient (Wildman–Crippen LogP) is 6.86. The summed E-state index contributed by atoms with van der Waals surface area (Å²) in [6.45, 7) is 2.04. The highest BCUT2D eigenvalue weighted by Gasteiger charge is 2.21. The molecule has 0 unspecified atom stereocenters. The third-order valence-electron chi connectivity index (χ3n) is 4.46. The summed E-state index contributed by atoms with van der Waals surface area (Å²) in [4.78, 5) is 12.3. The van der Waals surface area contributed by atoms with E-state index in [4.69, 9.17) is 16.3 Å². The minimum absolute atomic E-state index is 0.0274. The number of halogens is 4. The van der Waals surface area contributed by atoms with Gasteiger partial charge in [0.2, 0.25) is 0 Å². The molecular weight excluding hydrogens is 389 g/mol. The summed E-state index contributed by atoms with van der Waals surface area (Å²) in [6, 6.07) is 9.39. The van der Waals surface area contributed by atoms with Gasteiger partial charge >= 0.3 is 5.97 Å². The Morgan fingerprint density at radius 2 is 1.71 bits per heavy atom. The molecular formula is C22H18ClF3O2. The number of rotatable bonds is 6. The lowest BCUT2D eigenvalue weighted by molar-refractivity contribution is 0.0725. The molecule has 0 fully saturated rings. The first-order valence-corrected chi connectivity index (χ1v) is 9.36. The molecule has 0 bridgehead atoms. The number of ether oxygens (including phenoxy) is 1. The number of fused-ring (bicyclic) bond motifs is 1. The van der Waals surface area contributed by atoms with Gasteiger partial charge in [0.1, 0.15) is 28.8 Å². The van der Waals surface area contributed by atoms with E-state index in [1.54, 1.807) is 6.07 Å². The van der Waals surface area contributed by atoms with Gasteiger partial charge < -0.3 is 4.74 Å². The molecule has 2 nitrogen and oxygen atoms in total. The molecule has 0 spiro atoms. The van der Waals surface area contributed by atoms with Crippen LogP contribution in [0.5, 0.6) is 5.75 Å². The average molecular weight is 407 g/mol. The monoisotopic (exact) mass is 406 g/mol. The van der Waals surface area contributed by atoms with Crippen molar-refractivity contribution in [2.75, 3.05) is 0 Å². The summed E-state index contributed by atoms with van der Waals surface area (Å²) in [6.07, 6.45) is 3.31. The first-order chi connectivity index (χ1) is 13.4. The molecule has 3 aromatic rings. The molecule has 0 saturated heterocycles. The maximum absolute atomic E-state index is 14.3. The fourth-order valence-corrected chi connectivity index (χ4v) is 3.17. The number of benzene rings is 3. The fourth-order valence-electron chi connectivity index (χ4n) is 3.01. The van der Waals surface area contributed by atoms with E-state index in [0.29, 0.717) is 17.4 Å². The van der Waals surface area contributed by atoms with E-state index in [9.17, 15) is 18.0 Å². The summed E-state index contributed by atoms with van der Waals surface area (Å²) in [7, 11) is 0. The standard InChI is InChI=1S/C22H18ClF3O2/c1-2-3-4-5-13-10-18(24)20(19(25)11-13)22(27)28-15-7-8-16-14(12-15)6-9-17(23)21(16)26/h6-12H,2-5H2,1H3. The van der Waals surface area contributed by atoms with Gasteiger partial charge in [0.25, 0.3) is 0 Å². The number of unbranched alkanes of at least 4 members (excludes halogenated alkanes) is 2. The molecule has 3 aromatic carbocycles. The lowest BCUT2D eigenvalue weighted by Gasteiger charge is -2.09. The first kappa shape index (κ1) is 20.2. The van der Waals surface area contributed by atoms with Crippen molar-refractivity contribution >= 4 is 28.3 Å². The zero-order valence-electron chi connectivity index (χ0n) is 15.2. The van der Waals surface area contributed by atoms with Crippen molar-refractivity contribution in [2.24, 2.45) is 0 Å². The molecule has 0 amide bonds. The Balaban J connectivity index is 1.83. The maximum Gasteiger partial charge on any atom is 0.349 e. The Morgan fingerprint density at radius 3 is 2.39 bits per heavy atom. The first-order valence-electron chi connectivity index (χ1n) is 8.98. The Kier molecular flexibility index (Phi) is 6.25. The minimum Gasteiger partial charge on any atom is -0.423 e. The van der Waals surface area contributed by atoms with E-state index in [2.05, 4.69) is 0 Å². The van der Waals surface area contributed by atoms with E-state index >= 15 is 0 Å². The minimum atomic E-state index is -1.15. The van der Waals surface area contributed by atoms with Crippen molar-refractivity contribution in [3.8, 4) is 5.75 Å². The molecule has 0 aliphatic heterocycles. The van der Waals surface area contributed by atoms with Crippen molar-refractivity contribution in [1.29, 1.82) is 0 Å². The Hall–Kier alpha value is -2.53. The van der Waals surface area contributed by atoms with Gasteiger partial charge in [0.15, 0.2) is 0 Å². The van der Waals surface area contributed by atoms with Crippen molar-refractivity contribution in [3.63, 3.8) is 0 Å². The van der Waals surface area contributed by atoms with Crippen LogP contribution < -0.4 is 4.74 Å². The summed E-state index contributed by atoms with van der Waals surface area (Å²) >= 11 is 5.74. The van der Waals surface area contributed by atoms with Crippen molar-refractivity contribution in [2.45, 2.75) is 32.6 Å². The molecule has 0 aromatic heterocycles. The van der Waals surface area contributed by atoms with Crippen LogP contribution in [0.25, 0.3) is 10.8 Å². The molecule has 0 N–H and O–H groups in total. The molecule has 146 valence electrons. The highest BCUT2D eigenvalue weighted by Crippen LogP contribution is 2.28. The molecule has 0 aliphatic rings. The molecule has 0 radical (unpaired) electrons. The van der Waals surface area contributed by atoms with Crippen molar-refractivity contribution < 1.29 is 22.7 Å². The van der Waals surface area contributed by atoms with E-state index < -0.39 is 29.0 Å². The quantitative estimate of drug-likeness (QED) is 0.254. The SMILES string of the molecule is CCCCCc1cc(F)c(C(=O)Oc2ccc3c(F)c(Cl)ccc3c2)c(F)c1. The average Bonchev–Trinajstić information content (AvgIpc) is 2.64. The summed E-state index contributed by atoms with van der Waals surface area (Å²) in [5.41, 5.74) is -0.250. The fraction of sp³-hybridized carbons (Fsp3) is 0.227. The van der Waals surface area contributed by atoms with Crippen LogP contribution in [0, 0.1) is 17.5 Å². The van der Waals surface area contributed by atoms with E-state index in [1.165, 1.54) is 24.3 Å². The highest BCUT2D eigenvalue weighted by molar-refractivity contribution is 6.31. The second-order valence-electron chi connectivity index (χ2n) is 6.53. The highest BCUT2D eigenvalue weighted by atomic mass is 35.5. The van der Waals surface area contributed by atoms with Crippen LogP contribution in [0.4, 0.5) is 13.2 Å². The number of hydrogen-bond acceptors (Lipinski definition) is 2. The van der Waals surface area contributed by atoms with Gasteiger partial charge in [0.05, 0.1) is 5.02 Å². The van der Waals surface area contributed by atoms with Gasteiger partial charge in [-0.3, -0.25) is 0 Å². The summed E-state index contributed by atoms with van der Waals surface area (Å²) in [5, 5.41) is 0.668. The lowest BCUT2D eigenvalue weighted by Crippen LogP contribution is -2.14. The molecule has 0 heterocycles. The lowest BCUT2D eigenvalue weighted by atomic mass is 10.0. The van der Waals surface area contributed by atoms with Crippen LogP contribution in [-0.4, -0.2) is 5.97 Å². The predicted molar refractivity (Wildman–Crippen MR) is 103 cm³/mol. The second kappa shape index (κ2) is 8.65. The zero-order valence-corrected chi connectivity index (χ0v) is 16.0. The van der Waals surface area contributed by atoms with Gasteiger partial charge in [-0.1, -0.05) is 37.4 Å². The van der Waals surface area contributed by atoms with Crippen molar-refractivity contribution in [3.05, 3.63) is 76.1 Å². The summed E-state index contributed by atoms with van der Waals surface area (Å²) < 4.78 is 47.7. The number of carbonyl (C=O) groups excluding carboxylic acids is 1. The van der Waals surface area contributed by atoms with Crippen LogP contribution >= 0.6 is 11.6 Å². The van der Waals surface area contributed by atoms with Crippen LogP contribution in [-0.2, 0) is 6.42 Å². The Morgan fingerprint density at radius 1 is 1.00 bits per heavy atom. The summed E-state index contributed by atoms with van der Waals surface area (Å²) in [5.74, 6) is -3.62. The number of aryl methyl sites for hydroxylation is 1. The van der Waals surface area contributed by atoms with Crippen LogP contribution in [0.2, 0.25) is 5.02 Å². The van der Waals surface area contributed by atoms with E-state index in [0.717, 1.165) is 31.4 Å². The molecule has 3 rings (SSSR count). The van der Waals surface area contributed by atoms with Crippen LogP contribution in [0.3, 0.4) is 0 Å². The van der Waals surface area contributed by atoms with E-state index in [-0.39, 0.29) is 16.2 Å². The topological polar surface area (TPSA) is 26.3 Å².